The first-order chi connectivity index (χ1) is 33.0. The number of hydrogen-bond donors (Lipinski definition) is 1. The van der Waals surface area contributed by atoms with E-state index >= 15 is 0 Å². The molecule has 0 radical (unpaired) electrons. The molecule has 1 atom stereocenters. The number of para-hydroxylation sites is 1. The Morgan fingerprint density at radius 2 is 1.46 bits per heavy atom. The molecule has 0 saturated carbocycles. The van der Waals surface area contributed by atoms with Crippen LogP contribution in [0.15, 0.2) is 74.0 Å². The highest BCUT2D eigenvalue weighted by Crippen LogP contribution is 2.36. The molecule has 3 aliphatic heterocycles. The summed E-state index contributed by atoms with van der Waals surface area (Å²) in [6.07, 6.45) is 8.18. The lowest BCUT2D eigenvalue weighted by atomic mass is 9.89. The zero-order valence-corrected chi connectivity index (χ0v) is 41.2. The van der Waals surface area contributed by atoms with Crippen molar-refractivity contribution < 1.29 is 42.9 Å². The van der Waals surface area contributed by atoms with Crippen LogP contribution in [0.4, 0.5) is 14.4 Å². The van der Waals surface area contributed by atoms with Gasteiger partial charge >= 0.3 is 18.3 Å². The Bertz CT molecular complexity index is 2460. The van der Waals surface area contributed by atoms with E-state index in [9.17, 15) is 19.2 Å². The van der Waals surface area contributed by atoms with Crippen LogP contribution in [-0.4, -0.2) is 148 Å². The molecule has 0 bridgehead atoms. The molecule has 69 heavy (non-hydrogen) atoms. The van der Waals surface area contributed by atoms with E-state index in [-0.39, 0.29) is 37.8 Å². The number of urea groups is 1. The van der Waals surface area contributed by atoms with Crippen molar-refractivity contribution in [2.45, 2.75) is 115 Å². The largest absolute Gasteiger partial charge is 0.511 e. The number of rotatable bonds is 17. The number of nitrogens with one attached hydrogen (secondary N) is 1. The van der Waals surface area contributed by atoms with E-state index in [1.54, 1.807) is 55.6 Å². The van der Waals surface area contributed by atoms with Crippen LogP contribution in [0.1, 0.15) is 88.8 Å². The molecular weight excluding hydrogens is 881 g/mol. The first-order valence-electron chi connectivity index (χ1n) is 24.2. The summed E-state index contributed by atoms with van der Waals surface area (Å²) in [6, 6.07) is 13.2. The molecule has 2 aromatic carbocycles. The zero-order valence-electron chi connectivity index (χ0n) is 41.2. The Morgan fingerprint density at radius 1 is 0.812 bits per heavy atom. The molecule has 372 valence electrons. The second kappa shape index (κ2) is 22.5. The molecule has 3 fully saturated rings. The minimum absolute atomic E-state index is 0.00584. The molecular formula is C52H70N8O9. The number of fused-ring (bicyclic) bond motifs is 2. The fourth-order valence-electron chi connectivity index (χ4n) is 9.64. The Kier molecular flexibility index (Phi) is 16.5. The number of carbonyl (C=O) groups is 4. The lowest BCUT2D eigenvalue weighted by Gasteiger charge is -2.43. The molecule has 7 rings (SSSR count). The molecule has 3 amide bonds. The van der Waals surface area contributed by atoms with E-state index in [0.717, 1.165) is 77.5 Å². The lowest BCUT2D eigenvalue weighted by molar-refractivity contribution is -0.135. The second-order valence-electron chi connectivity index (χ2n) is 19.8. The summed E-state index contributed by atoms with van der Waals surface area (Å²) in [5, 5.41) is 9.59. The van der Waals surface area contributed by atoms with E-state index in [1.165, 1.54) is 0 Å². The molecule has 3 saturated heterocycles. The normalized spacial score (nSPS) is 17.3. The summed E-state index contributed by atoms with van der Waals surface area (Å²) in [7, 11) is 2.16. The summed E-state index contributed by atoms with van der Waals surface area (Å²) in [4.78, 5) is 67.3. The molecule has 4 aromatic rings. The maximum atomic E-state index is 14.6. The molecule has 1 N–H and O–H groups in total. The van der Waals surface area contributed by atoms with E-state index < -0.39 is 29.6 Å². The average Bonchev–Trinajstić information content (AvgIpc) is 3.74. The van der Waals surface area contributed by atoms with Crippen LogP contribution in [0.3, 0.4) is 0 Å². The predicted molar refractivity (Wildman–Crippen MR) is 263 cm³/mol. The maximum absolute atomic E-state index is 14.6. The quantitative estimate of drug-likeness (QED) is 0.0616. The number of nitrogens with zero attached hydrogens (tertiary/aromatic N) is 7. The third-order valence-electron chi connectivity index (χ3n) is 13.4. The number of likely N-dealkylation sites (tertiary alicyclic amines) is 2. The summed E-state index contributed by atoms with van der Waals surface area (Å²) < 4.78 is 29.1. The molecule has 2 aromatic heterocycles. The summed E-state index contributed by atoms with van der Waals surface area (Å²) >= 11 is 0. The molecule has 5 heterocycles. The first kappa shape index (κ1) is 50.7. The van der Waals surface area contributed by atoms with Crippen molar-refractivity contribution in [3.05, 3.63) is 90.7 Å². The highest BCUT2D eigenvalue weighted by molar-refractivity contribution is 5.88. The summed E-state index contributed by atoms with van der Waals surface area (Å²) in [5.41, 5.74) is 2.54. The minimum atomic E-state index is -0.854. The number of hydrogen-bond acceptors (Lipinski definition) is 13. The van der Waals surface area contributed by atoms with Gasteiger partial charge in [0.25, 0.3) is 0 Å². The number of amides is 3. The Hall–Kier alpha value is -6.20. The van der Waals surface area contributed by atoms with Crippen molar-refractivity contribution >= 4 is 46.1 Å². The lowest BCUT2D eigenvalue weighted by Crippen LogP contribution is -2.59. The van der Waals surface area contributed by atoms with Gasteiger partial charge in [0.15, 0.2) is 6.73 Å². The Labute approximate surface area is 405 Å². The number of aromatic nitrogens is 3. The SMILES string of the molecule is C=CCC(C)(C)OC(=O)OCOc1nc2ccccc2cc1C1CCN(C(=O)N[C@H](Cc2cc(C)c3nn(COC(=O)OC(C)(C)CC=C)cc3c2)C(=O)N2CCN(C3CCN(C)CC3)CC2)CC1. The van der Waals surface area contributed by atoms with Gasteiger partial charge in [0, 0.05) is 87.1 Å². The van der Waals surface area contributed by atoms with Crippen LogP contribution < -0.4 is 10.1 Å². The van der Waals surface area contributed by atoms with Crippen LogP contribution in [0, 0.1) is 6.92 Å². The second-order valence-corrected chi connectivity index (χ2v) is 19.8. The van der Waals surface area contributed by atoms with Crippen molar-refractivity contribution in [3.8, 4) is 5.88 Å². The molecule has 0 spiro atoms. The van der Waals surface area contributed by atoms with Gasteiger partial charge < -0.3 is 43.7 Å². The number of ether oxygens (including phenoxy) is 5. The summed E-state index contributed by atoms with van der Waals surface area (Å²) in [5.74, 6) is 0.238. The van der Waals surface area contributed by atoms with Crippen LogP contribution in [0.2, 0.25) is 0 Å². The van der Waals surface area contributed by atoms with Crippen molar-refractivity contribution in [1.29, 1.82) is 0 Å². The van der Waals surface area contributed by atoms with Gasteiger partial charge in [-0.3, -0.25) is 9.69 Å². The number of piperidine rings is 2. The minimum Gasteiger partial charge on any atom is -0.440 e. The van der Waals surface area contributed by atoms with Gasteiger partial charge in [0.05, 0.1) is 11.0 Å². The van der Waals surface area contributed by atoms with Gasteiger partial charge in [-0.25, -0.2) is 24.0 Å². The number of aryl methyl sites for hydroxylation is 1. The van der Waals surface area contributed by atoms with Crippen LogP contribution in [0.25, 0.3) is 21.8 Å². The Balaban J connectivity index is 1.03. The van der Waals surface area contributed by atoms with Crippen molar-refractivity contribution in [2.24, 2.45) is 0 Å². The number of benzene rings is 2. The fraction of sp³-hybridized carbons (Fsp3) is 0.538. The first-order valence-corrected chi connectivity index (χ1v) is 24.2. The van der Waals surface area contributed by atoms with Gasteiger partial charge in [0.2, 0.25) is 18.6 Å². The van der Waals surface area contributed by atoms with E-state index in [2.05, 4.69) is 46.5 Å². The molecule has 17 nitrogen and oxygen atoms in total. The topological polar surface area (TPSA) is 170 Å². The highest BCUT2D eigenvalue weighted by Gasteiger charge is 2.35. The highest BCUT2D eigenvalue weighted by atomic mass is 16.8. The molecule has 0 aliphatic carbocycles. The van der Waals surface area contributed by atoms with E-state index in [1.807, 2.05) is 48.2 Å². The average molecular weight is 951 g/mol. The standard InChI is InChI=1S/C52H70N8O9/c1-9-19-51(4,5)68-49(63)65-34-60-33-40-30-37(29-36(3)45(40)55-60)31-44(47(61)58-27-25-57(26-28-58)41-17-21-56(8)22-18-41)54-48(62)59-23-15-38(16-24-59)42-32-39-13-11-12-14-43(39)53-46(42)66-35-67-50(64)69-52(6,7)20-10-2/h9-14,29-30,32-33,38,41,44H,1-2,15-28,31,34-35H2,3-8H3,(H,54,62)/t44-/m1/s1. The molecule has 17 heteroatoms. The number of carbonyl (C=O) groups excluding carboxylic acids is 4. The monoisotopic (exact) mass is 951 g/mol. The van der Waals surface area contributed by atoms with Gasteiger partial charge in [-0.05, 0) is 116 Å². The van der Waals surface area contributed by atoms with Crippen LogP contribution in [-0.2, 0) is 36.9 Å². The number of pyridine rings is 1. The van der Waals surface area contributed by atoms with Gasteiger partial charge in [0.1, 0.15) is 17.2 Å². The van der Waals surface area contributed by atoms with Crippen molar-refractivity contribution in [3.63, 3.8) is 0 Å². The van der Waals surface area contributed by atoms with Gasteiger partial charge in [-0.2, -0.15) is 5.10 Å². The van der Waals surface area contributed by atoms with E-state index in [4.69, 9.17) is 28.7 Å². The zero-order chi connectivity index (χ0) is 49.3. The van der Waals surface area contributed by atoms with Gasteiger partial charge in [-0.15, -0.1) is 13.2 Å². The third kappa shape index (κ3) is 13.5. The van der Waals surface area contributed by atoms with Crippen LogP contribution >= 0.6 is 0 Å². The van der Waals surface area contributed by atoms with Crippen molar-refractivity contribution in [2.75, 3.05) is 66.2 Å². The van der Waals surface area contributed by atoms with Gasteiger partial charge in [-0.1, -0.05) is 36.4 Å². The molecule has 0 unspecified atom stereocenters. The summed E-state index contributed by atoms with van der Waals surface area (Å²) in [6.45, 7) is 21.8. The fourth-order valence-corrected chi connectivity index (χ4v) is 9.64. The van der Waals surface area contributed by atoms with Crippen molar-refractivity contribution in [1.82, 2.24) is 39.7 Å². The molecule has 3 aliphatic rings. The van der Waals surface area contributed by atoms with E-state index in [0.29, 0.717) is 63.8 Å². The smallest absolute Gasteiger partial charge is 0.440 e. The maximum Gasteiger partial charge on any atom is 0.511 e. The Morgan fingerprint density at radius 3 is 2.13 bits per heavy atom. The van der Waals surface area contributed by atoms with Crippen LogP contribution in [0.5, 0.6) is 5.88 Å². The third-order valence-corrected chi connectivity index (χ3v) is 13.4. The number of piperazine rings is 1. The predicted octanol–water partition coefficient (Wildman–Crippen LogP) is 7.94.